The van der Waals surface area contributed by atoms with Crippen molar-refractivity contribution >= 4 is 16.8 Å². The molecular weight excluding hydrogens is 308 g/mol. The number of fused-ring (bicyclic) bond motifs is 1. The molecule has 0 radical (unpaired) electrons. The van der Waals surface area contributed by atoms with E-state index in [1.54, 1.807) is 18.1 Å². The molecule has 1 fully saturated rings. The van der Waals surface area contributed by atoms with Gasteiger partial charge in [0.15, 0.2) is 0 Å². The Bertz CT molecular complexity index is 760. The van der Waals surface area contributed by atoms with E-state index in [9.17, 15) is 9.90 Å². The van der Waals surface area contributed by atoms with Crippen LogP contribution in [0.5, 0.6) is 5.75 Å². The minimum absolute atomic E-state index is 0.105. The van der Waals surface area contributed by atoms with Gasteiger partial charge in [0.05, 0.1) is 35.6 Å². The number of para-hydroxylation sites is 1. The summed E-state index contributed by atoms with van der Waals surface area (Å²) < 4.78 is 11.1. The Hall–Kier alpha value is -2.18. The van der Waals surface area contributed by atoms with Gasteiger partial charge in [-0.3, -0.25) is 9.78 Å². The van der Waals surface area contributed by atoms with Crippen LogP contribution >= 0.6 is 0 Å². The van der Waals surface area contributed by atoms with E-state index < -0.39 is 5.60 Å². The molecule has 0 bridgehead atoms. The Balaban J connectivity index is 1.98. The first-order chi connectivity index (χ1) is 11.4. The number of hydrogen-bond donors (Lipinski definition) is 1. The number of aromatic hydroxyl groups is 1. The molecular formula is C18H22N2O4. The van der Waals surface area contributed by atoms with Gasteiger partial charge in [0.1, 0.15) is 5.75 Å². The van der Waals surface area contributed by atoms with Crippen LogP contribution in [0.3, 0.4) is 0 Å². The first kappa shape index (κ1) is 16.7. The van der Waals surface area contributed by atoms with Gasteiger partial charge in [0.25, 0.3) is 5.91 Å². The van der Waals surface area contributed by atoms with Gasteiger partial charge in [-0.05, 0) is 19.9 Å². The van der Waals surface area contributed by atoms with E-state index in [2.05, 4.69) is 4.98 Å². The molecule has 128 valence electrons. The third kappa shape index (κ3) is 3.20. The van der Waals surface area contributed by atoms with Crippen LogP contribution in [0.25, 0.3) is 10.9 Å². The second kappa shape index (κ2) is 6.37. The molecule has 6 heteroatoms. The molecule has 0 saturated carbocycles. The highest BCUT2D eigenvalue weighted by Gasteiger charge is 2.37. The second-order valence-corrected chi connectivity index (χ2v) is 6.68. The number of benzene rings is 1. The van der Waals surface area contributed by atoms with Crippen LogP contribution in [-0.2, 0) is 9.47 Å². The Morgan fingerprint density at radius 3 is 2.96 bits per heavy atom. The third-order valence-electron chi connectivity index (χ3n) is 4.09. The van der Waals surface area contributed by atoms with Crippen LogP contribution in [0.2, 0.25) is 0 Å². The zero-order chi connectivity index (χ0) is 17.3. The van der Waals surface area contributed by atoms with Crippen molar-refractivity contribution in [2.45, 2.75) is 25.6 Å². The molecule has 2 aromatic rings. The standard InChI is InChI=1S/C18H22N2O4/c1-18(2)11-20(9-12(24-18)10-23-3)17(22)16-13-6-4-5-7-14(13)19-8-15(16)21/h4-8,12,21H,9-11H2,1-3H3/t12-/m0/s1. The molecule has 0 unspecified atom stereocenters. The minimum Gasteiger partial charge on any atom is -0.505 e. The molecule has 2 heterocycles. The topological polar surface area (TPSA) is 71.9 Å². The average Bonchev–Trinajstić information content (AvgIpc) is 2.53. The molecule has 0 spiro atoms. The number of methoxy groups -OCH3 is 1. The highest BCUT2D eigenvalue weighted by molar-refractivity contribution is 6.08. The summed E-state index contributed by atoms with van der Waals surface area (Å²) in [5.74, 6) is -0.324. The van der Waals surface area contributed by atoms with Gasteiger partial charge in [0, 0.05) is 25.6 Å². The summed E-state index contributed by atoms with van der Waals surface area (Å²) in [6.07, 6.45) is 1.13. The van der Waals surface area contributed by atoms with Gasteiger partial charge in [-0.2, -0.15) is 0 Å². The van der Waals surface area contributed by atoms with Crippen molar-refractivity contribution in [2.24, 2.45) is 0 Å². The lowest BCUT2D eigenvalue weighted by Gasteiger charge is -2.42. The number of morpholine rings is 1. The van der Waals surface area contributed by atoms with Gasteiger partial charge in [0.2, 0.25) is 0 Å². The third-order valence-corrected chi connectivity index (χ3v) is 4.09. The molecule has 1 aliphatic heterocycles. The number of nitrogens with zero attached hydrogens (tertiary/aromatic N) is 2. The molecule has 1 N–H and O–H groups in total. The first-order valence-electron chi connectivity index (χ1n) is 7.94. The Labute approximate surface area is 141 Å². The fourth-order valence-corrected chi connectivity index (χ4v) is 3.24. The van der Waals surface area contributed by atoms with Crippen LogP contribution in [0, 0.1) is 0 Å². The summed E-state index contributed by atoms with van der Waals surface area (Å²) in [5.41, 5.74) is 0.490. The maximum absolute atomic E-state index is 13.1. The average molecular weight is 330 g/mol. The first-order valence-corrected chi connectivity index (χ1v) is 7.94. The van der Waals surface area contributed by atoms with Crippen molar-refractivity contribution in [3.8, 4) is 5.75 Å². The normalized spacial score (nSPS) is 20.3. The van der Waals surface area contributed by atoms with Crippen molar-refractivity contribution in [3.63, 3.8) is 0 Å². The molecule has 1 amide bonds. The molecule has 1 atom stereocenters. The number of carbonyl (C=O) groups is 1. The molecule has 1 aliphatic rings. The summed E-state index contributed by atoms with van der Waals surface area (Å²) in [4.78, 5) is 19.0. The molecule has 1 aromatic heterocycles. The van der Waals surface area contributed by atoms with Crippen molar-refractivity contribution < 1.29 is 19.4 Å². The van der Waals surface area contributed by atoms with E-state index >= 15 is 0 Å². The van der Waals surface area contributed by atoms with Crippen molar-refractivity contribution in [2.75, 3.05) is 26.8 Å². The summed E-state index contributed by atoms with van der Waals surface area (Å²) in [5, 5.41) is 10.9. The number of pyridine rings is 1. The molecule has 24 heavy (non-hydrogen) atoms. The lowest BCUT2D eigenvalue weighted by molar-refractivity contribution is -0.143. The number of rotatable bonds is 3. The molecule has 6 nitrogen and oxygen atoms in total. The number of ether oxygens (including phenoxy) is 2. The lowest BCUT2D eigenvalue weighted by Crippen LogP contribution is -2.55. The maximum Gasteiger partial charge on any atom is 0.258 e. The zero-order valence-electron chi connectivity index (χ0n) is 14.2. The van der Waals surface area contributed by atoms with Crippen LogP contribution in [0.4, 0.5) is 0 Å². The fourth-order valence-electron chi connectivity index (χ4n) is 3.24. The Kier molecular flexibility index (Phi) is 4.43. The van der Waals surface area contributed by atoms with Crippen LogP contribution in [-0.4, -0.2) is 59.4 Å². The van der Waals surface area contributed by atoms with Crippen molar-refractivity contribution in [3.05, 3.63) is 36.0 Å². The molecule has 3 rings (SSSR count). The highest BCUT2D eigenvalue weighted by Crippen LogP contribution is 2.29. The number of carbonyl (C=O) groups excluding carboxylic acids is 1. The number of amides is 1. The van der Waals surface area contributed by atoms with Crippen molar-refractivity contribution in [1.29, 1.82) is 0 Å². The van der Waals surface area contributed by atoms with E-state index in [1.807, 2.05) is 32.0 Å². The predicted molar refractivity (Wildman–Crippen MR) is 90.1 cm³/mol. The van der Waals surface area contributed by atoms with Crippen LogP contribution in [0.15, 0.2) is 30.5 Å². The van der Waals surface area contributed by atoms with Crippen LogP contribution < -0.4 is 0 Å². The van der Waals surface area contributed by atoms with E-state index in [4.69, 9.17) is 9.47 Å². The predicted octanol–water partition coefficient (Wildman–Crippen LogP) is 2.21. The fraction of sp³-hybridized carbons (Fsp3) is 0.444. The minimum atomic E-state index is -0.477. The second-order valence-electron chi connectivity index (χ2n) is 6.68. The SMILES string of the molecule is COC[C@@H]1CN(C(=O)c2c(O)cnc3ccccc23)CC(C)(C)O1. The summed E-state index contributed by atoms with van der Waals surface area (Å²) in [6, 6.07) is 7.31. The number of aromatic nitrogens is 1. The van der Waals surface area contributed by atoms with Crippen molar-refractivity contribution in [1.82, 2.24) is 9.88 Å². The largest absolute Gasteiger partial charge is 0.505 e. The number of hydrogen-bond acceptors (Lipinski definition) is 5. The molecule has 1 aromatic carbocycles. The Morgan fingerprint density at radius 2 is 2.21 bits per heavy atom. The van der Waals surface area contributed by atoms with Gasteiger partial charge >= 0.3 is 0 Å². The summed E-state index contributed by atoms with van der Waals surface area (Å²) in [7, 11) is 1.61. The summed E-state index contributed by atoms with van der Waals surface area (Å²) in [6.45, 7) is 5.17. The van der Waals surface area contributed by atoms with E-state index in [0.29, 0.717) is 30.6 Å². The maximum atomic E-state index is 13.1. The van der Waals surface area contributed by atoms with Gasteiger partial charge in [-0.25, -0.2) is 0 Å². The quantitative estimate of drug-likeness (QED) is 0.934. The highest BCUT2D eigenvalue weighted by atomic mass is 16.5. The zero-order valence-corrected chi connectivity index (χ0v) is 14.2. The Morgan fingerprint density at radius 1 is 1.46 bits per heavy atom. The monoisotopic (exact) mass is 330 g/mol. The molecule has 0 aliphatic carbocycles. The van der Waals surface area contributed by atoms with Gasteiger partial charge in [-0.1, -0.05) is 18.2 Å². The van der Waals surface area contributed by atoms with E-state index in [-0.39, 0.29) is 23.3 Å². The lowest BCUT2D eigenvalue weighted by atomic mass is 10.0. The van der Waals surface area contributed by atoms with Gasteiger partial charge in [-0.15, -0.1) is 0 Å². The van der Waals surface area contributed by atoms with E-state index in [0.717, 1.165) is 0 Å². The smallest absolute Gasteiger partial charge is 0.258 e. The van der Waals surface area contributed by atoms with Gasteiger partial charge < -0.3 is 19.5 Å². The van der Waals surface area contributed by atoms with Crippen LogP contribution in [0.1, 0.15) is 24.2 Å². The molecule has 1 saturated heterocycles. The summed E-state index contributed by atoms with van der Waals surface area (Å²) >= 11 is 0. The van der Waals surface area contributed by atoms with E-state index in [1.165, 1.54) is 6.20 Å².